The number of nitrogens with zero attached hydrogens (tertiary/aromatic N) is 3. The fourth-order valence-corrected chi connectivity index (χ4v) is 3.47. The molecule has 4 rings (SSSR count). The maximum absolute atomic E-state index is 13.9. The van der Waals surface area contributed by atoms with Gasteiger partial charge in [0, 0.05) is 36.2 Å². The molecule has 1 atom stereocenters. The predicted octanol–water partition coefficient (Wildman–Crippen LogP) is 3.75. The second-order valence-corrected chi connectivity index (χ2v) is 6.39. The lowest BCUT2D eigenvalue weighted by atomic mass is 9.85. The predicted molar refractivity (Wildman–Crippen MR) is 92.9 cm³/mol. The van der Waals surface area contributed by atoms with Gasteiger partial charge in [-0.1, -0.05) is 17.7 Å². The molecule has 0 saturated carbocycles. The molecule has 126 valence electrons. The molecule has 0 saturated heterocycles. The van der Waals surface area contributed by atoms with Crippen LogP contribution in [0.25, 0.3) is 11.4 Å². The van der Waals surface area contributed by atoms with E-state index >= 15 is 0 Å². The lowest BCUT2D eigenvalue weighted by Gasteiger charge is -2.24. The van der Waals surface area contributed by atoms with Crippen LogP contribution in [0.15, 0.2) is 42.6 Å². The summed E-state index contributed by atoms with van der Waals surface area (Å²) in [4.78, 5) is 16.5. The molecule has 0 bridgehead atoms. The molecule has 5 nitrogen and oxygen atoms in total. The molecule has 0 spiro atoms. The second kappa shape index (κ2) is 5.97. The van der Waals surface area contributed by atoms with Gasteiger partial charge in [0.15, 0.2) is 0 Å². The maximum Gasteiger partial charge on any atom is 0.226 e. The molecular weight excluding hydrogens is 343 g/mol. The van der Waals surface area contributed by atoms with Crippen LogP contribution < -0.4 is 5.32 Å². The van der Waals surface area contributed by atoms with E-state index in [4.69, 9.17) is 11.6 Å². The molecule has 3 heterocycles. The highest BCUT2D eigenvalue weighted by Crippen LogP contribution is 2.42. The number of benzene rings is 1. The zero-order chi connectivity index (χ0) is 17.6. The van der Waals surface area contributed by atoms with Crippen LogP contribution in [0.3, 0.4) is 0 Å². The number of hydrogen-bond acceptors (Lipinski definition) is 3. The minimum absolute atomic E-state index is 0.145. The summed E-state index contributed by atoms with van der Waals surface area (Å²) in [5.41, 5.74) is 2.83. The van der Waals surface area contributed by atoms with Crippen LogP contribution in [-0.4, -0.2) is 20.7 Å². The van der Waals surface area contributed by atoms with E-state index in [0.717, 1.165) is 5.56 Å². The van der Waals surface area contributed by atoms with Gasteiger partial charge in [0.05, 0.1) is 5.69 Å². The second-order valence-electron chi connectivity index (χ2n) is 5.96. The van der Waals surface area contributed by atoms with Crippen molar-refractivity contribution in [3.05, 3.63) is 64.6 Å². The summed E-state index contributed by atoms with van der Waals surface area (Å²) >= 11 is 6.02. The first-order chi connectivity index (χ1) is 12.0. The van der Waals surface area contributed by atoms with Crippen molar-refractivity contribution >= 4 is 23.3 Å². The van der Waals surface area contributed by atoms with E-state index in [-0.39, 0.29) is 18.2 Å². The number of fused-ring (bicyclic) bond motifs is 1. The summed E-state index contributed by atoms with van der Waals surface area (Å²) in [6.07, 6.45) is 1.88. The molecule has 1 aliphatic heterocycles. The number of pyridine rings is 1. The Morgan fingerprint density at radius 1 is 1.32 bits per heavy atom. The SMILES string of the molecule is Cn1nc(-c2ccccn2)c2c1NC(=O)CC2c1cc(F)cc(Cl)c1. The molecule has 1 aliphatic rings. The van der Waals surface area contributed by atoms with Gasteiger partial charge in [-0.05, 0) is 35.9 Å². The van der Waals surface area contributed by atoms with Gasteiger partial charge in [-0.2, -0.15) is 5.10 Å². The Kier molecular flexibility index (Phi) is 3.77. The van der Waals surface area contributed by atoms with E-state index < -0.39 is 5.82 Å². The summed E-state index contributed by atoms with van der Waals surface area (Å²) in [5, 5.41) is 7.68. The topological polar surface area (TPSA) is 59.8 Å². The van der Waals surface area contributed by atoms with Gasteiger partial charge >= 0.3 is 0 Å². The Morgan fingerprint density at radius 3 is 2.88 bits per heavy atom. The summed E-state index contributed by atoms with van der Waals surface area (Å²) in [6.45, 7) is 0. The Hall–Kier alpha value is -2.73. The minimum Gasteiger partial charge on any atom is -0.311 e. The molecule has 1 amide bonds. The Morgan fingerprint density at radius 2 is 2.16 bits per heavy atom. The van der Waals surface area contributed by atoms with E-state index in [1.54, 1.807) is 24.0 Å². The van der Waals surface area contributed by atoms with Crippen LogP contribution in [-0.2, 0) is 11.8 Å². The molecule has 0 fully saturated rings. The van der Waals surface area contributed by atoms with Crippen molar-refractivity contribution in [2.75, 3.05) is 5.32 Å². The summed E-state index contributed by atoms with van der Waals surface area (Å²) in [5.74, 6) is -0.322. The lowest BCUT2D eigenvalue weighted by Crippen LogP contribution is -2.24. The lowest BCUT2D eigenvalue weighted by molar-refractivity contribution is -0.116. The van der Waals surface area contributed by atoms with Gasteiger partial charge in [-0.3, -0.25) is 14.5 Å². The number of carbonyl (C=O) groups is 1. The van der Waals surface area contributed by atoms with Crippen molar-refractivity contribution in [2.24, 2.45) is 7.05 Å². The number of aryl methyl sites for hydroxylation is 1. The van der Waals surface area contributed by atoms with E-state index in [2.05, 4.69) is 15.4 Å². The molecule has 1 aromatic carbocycles. The molecule has 25 heavy (non-hydrogen) atoms. The van der Waals surface area contributed by atoms with Gasteiger partial charge in [-0.25, -0.2) is 4.39 Å². The van der Waals surface area contributed by atoms with Gasteiger partial charge < -0.3 is 5.32 Å². The van der Waals surface area contributed by atoms with Crippen molar-refractivity contribution in [2.45, 2.75) is 12.3 Å². The molecule has 2 aromatic heterocycles. The van der Waals surface area contributed by atoms with Crippen LogP contribution in [0.1, 0.15) is 23.5 Å². The van der Waals surface area contributed by atoms with Gasteiger partial charge in [-0.15, -0.1) is 0 Å². The van der Waals surface area contributed by atoms with E-state index in [9.17, 15) is 9.18 Å². The van der Waals surface area contributed by atoms with Gasteiger partial charge in [0.25, 0.3) is 0 Å². The zero-order valence-corrected chi connectivity index (χ0v) is 14.1. The normalized spacial score (nSPS) is 16.4. The third-order valence-electron chi connectivity index (χ3n) is 4.27. The summed E-state index contributed by atoms with van der Waals surface area (Å²) < 4.78 is 15.5. The Balaban J connectivity index is 1.94. The molecule has 0 aliphatic carbocycles. The Labute approximate surface area is 148 Å². The highest BCUT2D eigenvalue weighted by molar-refractivity contribution is 6.30. The quantitative estimate of drug-likeness (QED) is 0.760. The van der Waals surface area contributed by atoms with Crippen LogP contribution in [0, 0.1) is 5.82 Å². The molecule has 0 radical (unpaired) electrons. The molecular formula is C18H14ClFN4O. The van der Waals surface area contributed by atoms with Gasteiger partial charge in [0.1, 0.15) is 17.3 Å². The third-order valence-corrected chi connectivity index (χ3v) is 4.49. The first-order valence-electron chi connectivity index (χ1n) is 7.77. The maximum atomic E-state index is 13.9. The third kappa shape index (κ3) is 2.78. The zero-order valence-electron chi connectivity index (χ0n) is 13.3. The molecule has 3 aromatic rings. The smallest absolute Gasteiger partial charge is 0.226 e. The summed E-state index contributed by atoms with van der Waals surface area (Å²) in [7, 11) is 1.76. The number of amides is 1. The van der Waals surface area contributed by atoms with Crippen LogP contribution in [0.5, 0.6) is 0 Å². The fraction of sp³-hybridized carbons (Fsp3) is 0.167. The summed E-state index contributed by atoms with van der Waals surface area (Å²) in [6, 6.07) is 9.90. The van der Waals surface area contributed by atoms with Crippen LogP contribution in [0.2, 0.25) is 5.02 Å². The number of anilines is 1. The number of halogens is 2. The van der Waals surface area contributed by atoms with Crippen LogP contribution >= 0.6 is 11.6 Å². The molecule has 7 heteroatoms. The van der Waals surface area contributed by atoms with E-state index in [1.807, 2.05) is 18.2 Å². The van der Waals surface area contributed by atoms with Crippen molar-refractivity contribution in [1.29, 1.82) is 0 Å². The Bertz CT molecular complexity index is 950. The minimum atomic E-state index is -0.432. The first-order valence-corrected chi connectivity index (χ1v) is 8.15. The van der Waals surface area contributed by atoms with Crippen molar-refractivity contribution in [1.82, 2.24) is 14.8 Å². The standard InChI is InChI=1S/C18H14ClFN4O/c1-24-18-16(17(23-24)14-4-2-3-5-21-14)13(9-15(25)22-18)10-6-11(19)8-12(20)7-10/h2-8,13H,9H2,1H3,(H,22,25). The first kappa shape index (κ1) is 15.8. The van der Waals surface area contributed by atoms with Gasteiger partial charge in [0.2, 0.25) is 5.91 Å². The van der Waals surface area contributed by atoms with Crippen molar-refractivity contribution in [3.8, 4) is 11.4 Å². The molecule has 1 unspecified atom stereocenters. The number of carbonyl (C=O) groups excluding carboxylic acids is 1. The van der Waals surface area contributed by atoms with Crippen molar-refractivity contribution in [3.63, 3.8) is 0 Å². The van der Waals surface area contributed by atoms with E-state index in [0.29, 0.717) is 27.8 Å². The van der Waals surface area contributed by atoms with Crippen molar-refractivity contribution < 1.29 is 9.18 Å². The molecule has 1 N–H and O–H groups in total. The van der Waals surface area contributed by atoms with Crippen LogP contribution in [0.4, 0.5) is 10.2 Å². The number of aromatic nitrogens is 3. The largest absolute Gasteiger partial charge is 0.311 e. The fourth-order valence-electron chi connectivity index (χ4n) is 3.24. The number of rotatable bonds is 2. The highest BCUT2D eigenvalue weighted by Gasteiger charge is 2.33. The average Bonchev–Trinajstić information content (AvgIpc) is 2.91. The number of nitrogens with one attached hydrogen (secondary N) is 1. The van der Waals surface area contributed by atoms with E-state index in [1.165, 1.54) is 12.1 Å². The monoisotopic (exact) mass is 356 g/mol. The average molecular weight is 357 g/mol. The number of hydrogen-bond donors (Lipinski definition) is 1. The highest BCUT2D eigenvalue weighted by atomic mass is 35.5.